The number of methoxy groups -OCH3 is 1. The van der Waals surface area contributed by atoms with Crippen LogP contribution in [0.4, 0.5) is 0 Å². The number of hydrogen-bond donors (Lipinski definition) is 0. The molecule has 0 N–H and O–H groups in total. The predicted molar refractivity (Wildman–Crippen MR) is 80.7 cm³/mol. The van der Waals surface area contributed by atoms with Crippen LogP contribution >= 0.6 is 0 Å². The van der Waals surface area contributed by atoms with E-state index < -0.39 is 0 Å². The number of aromatic nitrogens is 1. The highest BCUT2D eigenvalue weighted by molar-refractivity contribution is 5.26. The molecule has 0 amide bonds. The molecule has 2 aromatic rings. The monoisotopic (exact) mass is 257 g/mol. The first-order valence-electron chi connectivity index (χ1n) is 6.71. The van der Waals surface area contributed by atoms with Gasteiger partial charge in [-0.05, 0) is 42.2 Å². The van der Waals surface area contributed by atoms with Crippen molar-refractivity contribution in [1.29, 1.82) is 0 Å². The molecule has 0 aliphatic carbocycles. The summed E-state index contributed by atoms with van der Waals surface area (Å²) in [6.07, 6.45) is 2.92. The van der Waals surface area contributed by atoms with E-state index >= 15 is 0 Å². The third kappa shape index (κ3) is 5.56. The molecule has 0 aliphatic rings. The number of nitrogens with zero attached hydrogens (tertiary/aromatic N) is 1. The minimum absolute atomic E-state index is 0.547. The molecular weight excluding hydrogens is 234 g/mol. The van der Waals surface area contributed by atoms with Gasteiger partial charge in [-0.1, -0.05) is 39.0 Å². The summed E-state index contributed by atoms with van der Waals surface area (Å²) in [4.78, 5) is 4.18. The lowest BCUT2D eigenvalue weighted by atomic mass is 10.1. The molecule has 102 valence electrons. The number of rotatable bonds is 3. The van der Waals surface area contributed by atoms with Crippen molar-refractivity contribution in [2.75, 3.05) is 7.11 Å². The van der Waals surface area contributed by atoms with Gasteiger partial charge in [-0.2, -0.15) is 0 Å². The van der Waals surface area contributed by atoms with E-state index in [2.05, 4.69) is 37.9 Å². The minimum atomic E-state index is 0.547. The second kappa shape index (κ2) is 8.30. The molecule has 0 radical (unpaired) electrons. The average molecular weight is 257 g/mol. The Kier molecular flexibility index (Phi) is 6.65. The maximum atomic E-state index is 5.01. The summed E-state index contributed by atoms with van der Waals surface area (Å²) in [5.74, 6) is 1.48. The zero-order valence-corrected chi connectivity index (χ0v) is 12.3. The van der Waals surface area contributed by atoms with Crippen molar-refractivity contribution >= 4 is 0 Å². The summed E-state index contributed by atoms with van der Waals surface area (Å²) in [6.45, 7) is 6.42. The van der Waals surface area contributed by atoms with Crippen molar-refractivity contribution in [1.82, 2.24) is 4.98 Å². The largest absolute Gasteiger partial charge is 0.497 e. The Morgan fingerprint density at radius 2 is 1.74 bits per heavy atom. The Hall–Kier alpha value is -1.83. The van der Waals surface area contributed by atoms with Gasteiger partial charge in [0.1, 0.15) is 5.75 Å². The van der Waals surface area contributed by atoms with Crippen molar-refractivity contribution in [2.45, 2.75) is 33.1 Å². The molecular formula is C17H23NO. The van der Waals surface area contributed by atoms with Crippen molar-refractivity contribution < 1.29 is 4.74 Å². The lowest BCUT2D eigenvalue weighted by Crippen LogP contribution is -1.88. The number of ether oxygens (including phenoxy) is 1. The van der Waals surface area contributed by atoms with Crippen LogP contribution in [0.3, 0.4) is 0 Å². The fraction of sp³-hybridized carbons (Fsp3) is 0.353. The molecule has 0 unspecified atom stereocenters. The molecule has 2 rings (SSSR count). The number of benzene rings is 1. The van der Waals surface area contributed by atoms with Gasteiger partial charge in [-0.15, -0.1) is 0 Å². The lowest BCUT2D eigenvalue weighted by molar-refractivity contribution is 0.414. The number of hydrogen-bond acceptors (Lipinski definition) is 2. The standard InChI is InChI=1S/C9H12O.C8H11N/c1-3-8-4-6-9(10-2)7-5-8;1-7(2)8-5-3-4-6-9-8/h4-7H,3H2,1-2H3;3-7H,1-2H3. The van der Waals surface area contributed by atoms with E-state index in [1.54, 1.807) is 7.11 Å². The number of pyridine rings is 1. The van der Waals surface area contributed by atoms with E-state index in [1.807, 2.05) is 36.5 Å². The van der Waals surface area contributed by atoms with Crippen LogP contribution < -0.4 is 4.74 Å². The van der Waals surface area contributed by atoms with Crippen LogP contribution in [-0.2, 0) is 6.42 Å². The molecule has 2 nitrogen and oxygen atoms in total. The number of aryl methyl sites for hydroxylation is 1. The van der Waals surface area contributed by atoms with Gasteiger partial charge in [0.25, 0.3) is 0 Å². The molecule has 0 saturated carbocycles. The van der Waals surface area contributed by atoms with Crippen LogP contribution in [-0.4, -0.2) is 12.1 Å². The normalized spacial score (nSPS) is 9.74. The van der Waals surface area contributed by atoms with Gasteiger partial charge in [0.2, 0.25) is 0 Å². The van der Waals surface area contributed by atoms with Crippen LogP contribution in [0, 0.1) is 0 Å². The molecule has 0 aliphatic heterocycles. The summed E-state index contributed by atoms with van der Waals surface area (Å²) >= 11 is 0. The lowest BCUT2D eigenvalue weighted by Gasteiger charge is -2.00. The van der Waals surface area contributed by atoms with Crippen molar-refractivity contribution in [3.8, 4) is 5.75 Å². The first-order chi connectivity index (χ1) is 9.17. The molecule has 0 fully saturated rings. The van der Waals surface area contributed by atoms with Gasteiger partial charge in [0.05, 0.1) is 7.11 Å². The van der Waals surface area contributed by atoms with E-state index in [0.717, 1.165) is 17.9 Å². The predicted octanol–water partition coefficient (Wildman–Crippen LogP) is 4.46. The Morgan fingerprint density at radius 1 is 1.05 bits per heavy atom. The Morgan fingerprint density at radius 3 is 2.11 bits per heavy atom. The molecule has 2 heteroatoms. The molecule has 1 aromatic heterocycles. The van der Waals surface area contributed by atoms with Gasteiger partial charge in [0, 0.05) is 11.9 Å². The second-order valence-corrected chi connectivity index (χ2v) is 4.61. The summed E-state index contributed by atoms with van der Waals surface area (Å²) < 4.78 is 5.01. The summed E-state index contributed by atoms with van der Waals surface area (Å²) in [6, 6.07) is 14.1. The molecule has 0 saturated heterocycles. The van der Waals surface area contributed by atoms with Crippen LogP contribution in [0.1, 0.15) is 37.9 Å². The van der Waals surface area contributed by atoms with Gasteiger partial charge in [-0.3, -0.25) is 4.98 Å². The first-order valence-corrected chi connectivity index (χ1v) is 6.71. The molecule has 1 heterocycles. The average Bonchev–Trinajstić information content (AvgIpc) is 2.49. The van der Waals surface area contributed by atoms with Crippen molar-refractivity contribution in [3.05, 3.63) is 59.9 Å². The van der Waals surface area contributed by atoms with Gasteiger partial charge >= 0.3 is 0 Å². The SMILES string of the molecule is CC(C)c1ccccn1.CCc1ccc(OC)cc1. The Bertz CT molecular complexity index is 425. The maximum Gasteiger partial charge on any atom is 0.118 e. The van der Waals surface area contributed by atoms with E-state index in [1.165, 1.54) is 5.56 Å². The van der Waals surface area contributed by atoms with Crippen LogP contribution in [0.2, 0.25) is 0 Å². The molecule has 19 heavy (non-hydrogen) atoms. The van der Waals surface area contributed by atoms with Crippen molar-refractivity contribution in [3.63, 3.8) is 0 Å². The quantitative estimate of drug-likeness (QED) is 0.809. The third-order valence-corrected chi connectivity index (χ3v) is 2.85. The second-order valence-electron chi connectivity index (χ2n) is 4.61. The maximum absolute atomic E-state index is 5.01. The smallest absolute Gasteiger partial charge is 0.118 e. The Balaban J connectivity index is 0.000000191. The van der Waals surface area contributed by atoms with Crippen LogP contribution in [0.25, 0.3) is 0 Å². The molecule has 0 spiro atoms. The summed E-state index contributed by atoms with van der Waals surface area (Å²) in [5.41, 5.74) is 2.51. The zero-order chi connectivity index (χ0) is 14.1. The van der Waals surface area contributed by atoms with E-state index in [0.29, 0.717) is 5.92 Å². The highest BCUT2D eigenvalue weighted by Gasteiger charge is 1.95. The van der Waals surface area contributed by atoms with E-state index in [4.69, 9.17) is 4.74 Å². The highest BCUT2D eigenvalue weighted by atomic mass is 16.5. The van der Waals surface area contributed by atoms with Crippen LogP contribution in [0.15, 0.2) is 48.7 Å². The Labute approximate surface area is 116 Å². The van der Waals surface area contributed by atoms with Crippen molar-refractivity contribution in [2.24, 2.45) is 0 Å². The van der Waals surface area contributed by atoms with Crippen LogP contribution in [0.5, 0.6) is 5.75 Å². The zero-order valence-electron chi connectivity index (χ0n) is 12.3. The summed E-state index contributed by atoms with van der Waals surface area (Å²) in [5, 5.41) is 0. The molecule has 1 aromatic carbocycles. The third-order valence-electron chi connectivity index (χ3n) is 2.85. The molecule has 0 bridgehead atoms. The first kappa shape index (κ1) is 15.2. The van der Waals surface area contributed by atoms with E-state index in [-0.39, 0.29) is 0 Å². The van der Waals surface area contributed by atoms with Gasteiger partial charge in [0.15, 0.2) is 0 Å². The molecule has 0 atom stereocenters. The fourth-order valence-electron chi connectivity index (χ4n) is 1.58. The van der Waals surface area contributed by atoms with E-state index in [9.17, 15) is 0 Å². The topological polar surface area (TPSA) is 22.1 Å². The highest BCUT2D eigenvalue weighted by Crippen LogP contribution is 2.11. The minimum Gasteiger partial charge on any atom is -0.497 e. The fourth-order valence-corrected chi connectivity index (χ4v) is 1.58. The summed E-state index contributed by atoms with van der Waals surface area (Å²) in [7, 11) is 1.68. The van der Waals surface area contributed by atoms with Gasteiger partial charge in [-0.25, -0.2) is 0 Å². The van der Waals surface area contributed by atoms with Gasteiger partial charge < -0.3 is 4.74 Å².